The number of benzene rings is 2. The van der Waals surface area contributed by atoms with E-state index in [2.05, 4.69) is 17.4 Å². The fourth-order valence-corrected chi connectivity index (χ4v) is 2.75. The van der Waals surface area contributed by atoms with E-state index in [-0.39, 0.29) is 11.9 Å². The summed E-state index contributed by atoms with van der Waals surface area (Å²) >= 11 is 0. The van der Waals surface area contributed by atoms with E-state index in [9.17, 15) is 4.79 Å². The largest absolute Gasteiger partial charge is 0.497 e. The van der Waals surface area contributed by atoms with Gasteiger partial charge in [-0.2, -0.15) is 0 Å². The van der Waals surface area contributed by atoms with Crippen LogP contribution in [0.1, 0.15) is 12.0 Å². The lowest BCUT2D eigenvalue weighted by atomic mass is 10.2. The lowest BCUT2D eigenvalue weighted by Gasteiger charge is -2.18. The van der Waals surface area contributed by atoms with Crippen molar-refractivity contribution < 1.29 is 9.53 Å². The molecule has 1 unspecified atom stereocenters. The summed E-state index contributed by atoms with van der Waals surface area (Å²) in [5, 5.41) is 3.42. The van der Waals surface area contributed by atoms with Crippen LogP contribution in [-0.2, 0) is 11.3 Å². The average molecular weight is 296 g/mol. The Kier molecular flexibility index (Phi) is 4.28. The van der Waals surface area contributed by atoms with E-state index in [4.69, 9.17) is 4.74 Å². The SMILES string of the molecule is COc1ccc(NC2CC(=O)N(Cc3ccccc3)C2)cc1. The predicted octanol–water partition coefficient (Wildman–Crippen LogP) is 2.91. The molecule has 2 aromatic rings. The highest BCUT2D eigenvalue weighted by Crippen LogP contribution is 2.21. The molecule has 1 fully saturated rings. The summed E-state index contributed by atoms with van der Waals surface area (Å²) in [4.78, 5) is 14.1. The standard InChI is InChI=1S/C18H20N2O2/c1-22-17-9-7-15(8-10-17)19-16-11-18(21)20(13-16)12-14-5-3-2-4-6-14/h2-10,16,19H,11-13H2,1H3. The van der Waals surface area contributed by atoms with Crippen LogP contribution in [0, 0.1) is 0 Å². The quantitative estimate of drug-likeness (QED) is 0.922. The van der Waals surface area contributed by atoms with Crippen LogP contribution >= 0.6 is 0 Å². The lowest BCUT2D eigenvalue weighted by molar-refractivity contribution is -0.128. The monoisotopic (exact) mass is 296 g/mol. The second-order valence-corrected chi connectivity index (χ2v) is 5.53. The van der Waals surface area contributed by atoms with E-state index < -0.39 is 0 Å². The lowest BCUT2D eigenvalue weighted by Crippen LogP contribution is -2.27. The second-order valence-electron chi connectivity index (χ2n) is 5.53. The molecule has 4 nitrogen and oxygen atoms in total. The maximum atomic E-state index is 12.1. The van der Waals surface area contributed by atoms with Crippen molar-refractivity contribution in [2.24, 2.45) is 0 Å². The minimum Gasteiger partial charge on any atom is -0.497 e. The number of anilines is 1. The molecule has 4 heteroatoms. The summed E-state index contributed by atoms with van der Waals surface area (Å²) in [6.45, 7) is 1.42. The number of rotatable bonds is 5. The highest BCUT2D eigenvalue weighted by Gasteiger charge is 2.29. The summed E-state index contributed by atoms with van der Waals surface area (Å²) in [5.41, 5.74) is 2.18. The molecule has 114 valence electrons. The summed E-state index contributed by atoms with van der Waals surface area (Å²) in [5.74, 6) is 1.04. The minimum absolute atomic E-state index is 0.157. The number of ether oxygens (including phenoxy) is 1. The molecule has 1 amide bonds. The van der Waals surface area contributed by atoms with Crippen molar-refractivity contribution in [2.75, 3.05) is 19.0 Å². The number of amides is 1. The van der Waals surface area contributed by atoms with Crippen LogP contribution in [0.3, 0.4) is 0 Å². The van der Waals surface area contributed by atoms with Crippen molar-refractivity contribution in [1.82, 2.24) is 4.90 Å². The highest BCUT2D eigenvalue weighted by molar-refractivity contribution is 5.80. The van der Waals surface area contributed by atoms with Gasteiger partial charge in [0.05, 0.1) is 13.2 Å². The summed E-state index contributed by atoms with van der Waals surface area (Å²) in [6, 6.07) is 18.0. The van der Waals surface area contributed by atoms with Gasteiger partial charge in [-0.15, -0.1) is 0 Å². The molecule has 1 N–H and O–H groups in total. The molecule has 1 atom stereocenters. The average Bonchev–Trinajstić information content (AvgIpc) is 2.88. The number of nitrogens with one attached hydrogen (secondary N) is 1. The van der Waals surface area contributed by atoms with Gasteiger partial charge in [-0.1, -0.05) is 30.3 Å². The maximum absolute atomic E-state index is 12.1. The van der Waals surface area contributed by atoms with E-state index in [0.717, 1.165) is 18.0 Å². The van der Waals surface area contributed by atoms with Crippen LogP contribution in [-0.4, -0.2) is 30.5 Å². The molecule has 1 saturated heterocycles. The maximum Gasteiger partial charge on any atom is 0.225 e. The third-order valence-electron chi connectivity index (χ3n) is 3.89. The van der Waals surface area contributed by atoms with Crippen molar-refractivity contribution in [2.45, 2.75) is 19.0 Å². The van der Waals surface area contributed by atoms with Crippen molar-refractivity contribution in [3.05, 3.63) is 60.2 Å². The van der Waals surface area contributed by atoms with Crippen LogP contribution in [0.4, 0.5) is 5.69 Å². The van der Waals surface area contributed by atoms with Crippen LogP contribution in [0.25, 0.3) is 0 Å². The minimum atomic E-state index is 0.157. The summed E-state index contributed by atoms with van der Waals surface area (Å²) < 4.78 is 5.15. The number of carbonyl (C=O) groups is 1. The third-order valence-corrected chi connectivity index (χ3v) is 3.89. The molecule has 0 aliphatic carbocycles. The molecule has 1 heterocycles. The van der Waals surface area contributed by atoms with Crippen LogP contribution < -0.4 is 10.1 Å². The molecule has 2 aromatic carbocycles. The second kappa shape index (κ2) is 6.52. The predicted molar refractivity (Wildman–Crippen MR) is 86.9 cm³/mol. The number of nitrogens with zero attached hydrogens (tertiary/aromatic N) is 1. The number of likely N-dealkylation sites (tertiary alicyclic amines) is 1. The van der Waals surface area contributed by atoms with Crippen LogP contribution in [0.5, 0.6) is 5.75 Å². The molecule has 0 radical (unpaired) electrons. The Morgan fingerprint density at radius 1 is 1.14 bits per heavy atom. The van der Waals surface area contributed by atoms with Crippen molar-refractivity contribution >= 4 is 11.6 Å². The Morgan fingerprint density at radius 3 is 2.55 bits per heavy atom. The molecule has 0 spiro atoms. The van der Waals surface area contributed by atoms with E-state index in [1.807, 2.05) is 47.4 Å². The summed E-state index contributed by atoms with van der Waals surface area (Å²) in [7, 11) is 1.65. The van der Waals surface area contributed by atoms with Gasteiger partial charge >= 0.3 is 0 Å². The molecular formula is C18H20N2O2. The molecule has 22 heavy (non-hydrogen) atoms. The van der Waals surface area contributed by atoms with E-state index in [1.54, 1.807) is 7.11 Å². The van der Waals surface area contributed by atoms with E-state index >= 15 is 0 Å². The number of hydrogen-bond donors (Lipinski definition) is 1. The fraction of sp³-hybridized carbons (Fsp3) is 0.278. The Labute approximate surface area is 130 Å². The first-order valence-electron chi connectivity index (χ1n) is 7.47. The normalized spacial score (nSPS) is 17.6. The number of carbonyl (C=O) groups excluding carboxylic acids is 1. The smallest absolute Gasteiger partial charge is 0.225 e. The molecule has 0 bridgehead atoms. The van der Waals surface area contributed by atoms with Gasteiger partial charge < -0.3 is 15.0 Å². The Hall–Kier alpha value is -2.49. The number of methoxy groups -OCH3 is 1. The first kappa shape index (κ1) is 14.4. The molecule has 1 aliphatic rings. The highest BCUT2D eigenvalue weighted by atomic mass is 16.5. The van der Waals surface area contributed by atoms with E-state index in [0.29, 0.717) is 13.0 Å². The van der Waals surface area contributed by atoms with Gasteiger partial charge in [0, 0.05) is 25.2 Å². The van der Waals surface area contributed by atoms with Gasteiger partial charge in [0.1, 0.15) is 5.75 Å². The Morgan fingerprint density at radius 2 is 1.86 bits per heavy atom. The zero-order valence-electron chi connectivity index (χ0n) is 12.7. The van der Waals surface area contributed by atoms with Gasteiger partial charge in [-0.25, -0.2) is 0 Å². The topological polar surface area (TPSA) is 41.6 Å². The van der Waals surface area contributed by atoms with Crippen LogP contribution in [0.2, 0.25) is 0 Å². The van der Waals surface area contributed by atoms with Gasteiger partial charge in [0.2, 0.25) is 5.91 Å². The van der Waals surface area contributed by atoms with Crippen LogP contribution in [0.15, 0.2) is 54.6 Å². The zero-order valence-corrected chi connectivity index (χ0v) is 12.7. The molecular weight excluding hydrogens is 276 g/mol. The van der Waals surface area contributed by atoms with Gasteiger partial charge in [-0.3, -0.25) is 4.79 Å². The van der Waals surface area contributed by atoms with Gasteiger partial charge in [0.25, 0.3) is 0 Å². The molecule has 0 aromatic heterocycles. The van der Waals surface area contributed by atoms with Crippen molar-refractivity contribution in [1.29, 1.82) is 0 Å². The van der Waals surface area contributed by atoms with Gasteiger partial charge in [0.15, 0.2) is 0 Å². The fourth-order valence-electron chi connectivity index (χ4n) is 2.75. The van der Waals surface area contributed by atoms with Crippen molar-refractivity contribution in [3.8, 4) is 5.75 Å². The summed E-state index contributed by atoms with van der Waals surface area (Å²) in [6.07, 6.45) is 0.541. The first-order valence-corrected chi connectivity index (χ1v) is 7.47. The first-order chi connectivity index (χ1) is 10.7. The Balaban J connectivity index is 1.59. The molecule has 0 saturated carbocycles. The van der Waals surface area contributed by atoms with Gasteiger partial charge in [-0.05, 0) is 29.8 Å². The Bertz CT molecular complexity index is 625. The number of hydrogen-bond acceptors (Lipinski definition) is 3. The molecule has 3 rings (SSSR count). The van der Waals surface area contributed by atoms with E-state index in [1.165, 1.54) is 5.56 Å². The third kappa shape index (κ3) is 3.39. The molecule has 1 aliphatic heterocycles. The zero-order chi connectivity index (χ0) is 15.4. The van der Waals surface area contributed by atoms with Crippen molar-refractivity contribution in [3.63, 3.8) is 0 Å².